The molecular weight excluding hydrogens is 263 g/mol. The van der Waals surface area contributed by atoms with E-state index in [0.29, 0.717) is 18.0 Å². The van der Waals surface area contributed by atoms with Gasteiger partial charge in [0.15, 0.2) is 0 Å². The first-order valence-corrected chi connectivity index (χ1v) is 5.56. The van der Waals surface area contributed by atoms with Crippen LogP contribution in [-0.2, 0) is 6.42 Å². The van der Waals surface area contributed by atoms with Gasteiger partial charge in [0.25, 0.3) is 5.69 Å². The maximum Gasteiger partial charge on any atom is 0.274 e. The number of benzene rings is 1. The van der Waals surface area contributed by atoms with E-state index in [4.69, 9.17) is 11.6 Å². The molecule has 2 rings (SSSR count). The summed E-state index contributed by atoms with van der Waals surface area (Å²) >= 11 is 5.56. The van der Waals surface area contributed by atoms with E-state index in [9.17, 15) is 14.5 Å². The van der Waals surface area contributed by atoms with Gasteiger partial charge in [-0.2, -0.15) is 0 Å². The van der Waals surface area contributed by atoms with Crippen molar-refractivity contribution in [2.24, 2.45) is 0 Å². The molecular formula is C10H8ClFN4O2. The molecule has 0 spiro atoms. The Morgan fingerprint density at radius 3 is 2.89 bits per heavy atom. The average molecular weight is 271 g/mol. The van der Waals surface area contributed by atoms with Gasteiger partial charge in [-0.15, -0.1) is 16.7 Å². The Morgan fingerprint density at radius 1 is 1.44 bits per heavy atom. The summed E-state index contributed by atoms with van der Waals surface area (Å²) in [5, 5.41) is 18.2. The molecule has 1 aromatic carbocycles. The van der Waals surface area contributed by atoms with Crippen molar-refractivity contribution in [2.45, 2.75) is 6.42 Å². The van der Waals surface area contributed by atoms with E-state index in [2.05, 4.69) is 10.3 Å². The molecule has 0 saturated heterocycles. The highest BCUT2D eigenvalue weighted by Gasteiger charge is 2.12. The summed E-state index contributed by atoms with van der Waals surface area (Å²) in [5.74, 6) is -0.310. The van der Waals surface area contributed by atoms with Gasteiger partial charge in [-0.1, -0.05) is 5.21 Å². The molecule has 0 unspecified atom stereocenters. The van der Waals surface area contributed by atoms with Gasteiger partial charge in [0.1, 0.15) is 5.82 Å². The van der Waals surface area contributed by atoms with Gasteiger partial charge in [0, 0.05) is 24.4 Å². The molecule has 0 N–H and O–H groups in total. The van der Waals surface area contributed by atoms with E-state index in [1.165, 1.54) is 10.7 Å². The first-order valence-electron chi connectivity index (χ1n) is 5.02. The molecule has 0 fully saturated rings. The zero-order chi connectivity index (χ0) is 13.1. The zero-order valence-corrected chi connectivity index (χ0v) is 9.84. The van der Waals surface area contributed by atoms with E-state index in [0.717, 1.165) is 12.1 Å². The van der Waals surface area contributed by atoms with Crippen LogP contribution in [0.4, 0.5) is 10.1 Å². The van der Waals surface area contributed by atoms with Gasteiger partial charge in [0.05, 0.1) is 28.6 Å². The Morgan fingerprint density at radius 2 is 2.22 bits per heavy atom. The number of aryl methyl sites for hydroxylation is 1. The molecule has 94 valence electrons. The van der Waals surface area contributed by atoms with Crippen LogP contribution in [0, 0.1) is 15.9 Å². The van der Waals surface area contributed by atoms with Crippen LogP contribution in [0.15, 0.2) is 24.4 Å². The van der Waals surface area contributed by atoms with Crippen molar-refractivity contribution in [1.82, 2.24) is 15.0 Å². The summed E-state index contributed by atoms with van der Waals surface area (Å²) in [7, 11) is 0. The van der Waals surface area contributed by atoms with Crippen LogP contribution in [0.2, 0.25) is 0 Å². The smallest absolute Gasteiger partial charge is 0.258 e. The Hall–Kier alpha value is -2.02. The minimum atomic E-state index is -0.700. The Labute approximate surface area is 106 Å². The van der Waals surface area contributed by atoms with Gasteiger partial charge in [0.2, 0.25) is 0 Å². The molecule has 18 heavy (non-hydrogen) atoms. The molecule has 0 radical (unpaired) electrons. The van der Waals surface area contributed by atoms with Crippen molar-refractivity contribution in [2.75, 3.05) is 5.88 Å². The molecule has 0 aliphatic heterocycles. The maximum absolute atomic E-state index is 13.2. The van der Waals surface area contributed by atoms with Gasteiger partial charge >= 0.3 is 0 Å². The molecule has 0 aliphatic rings. The van der Waals surface area contributed by atoms with Crippen molar-refractivity contribution >= 4 is 17.3 Å². The lowest BCUT2D eigenvalue weighted by molar-refractivity contribution is -0.385. The SMILES string of the molecule is O=[N+]([O-])c1cc(F)cc(-n2cc(CCCl)nn2)c1. The number of nitrogens with zero attached hydrogens (tertiary/aromatic N) is 4. The lowest BCUT2D eigenvalue weighted by Crippen LogP contribution is -1.98. The van der Waals surface area contributed by atoms with Crippen LogP contribution >= 0.6 is 11.6 Å². The number of hydrogen-bond acceptors (Lipinski definition) is 4. The molecule has 1 aromatic heterocycles. The van der Waals surface area contributed by atoms with Crippen LogP contribution in [0.1, 0.15) is 5.69 Å². The second-order valence-corrected chi connectivity index (χ2v) is 3.90. The van der Waals surface area contributed by atoms with Crippen LogP contribution in [-0.4, -0.2) is 25.8 Å². The van der Waals surface area contributed by atoms with Crippen molar-refractivity contribution < 1.29 is 9.31 Å². The van der Waals surface area contributed by atoms with Gasteiger partial charge in [-0.25, -0.2) is 9.07 Å². The predicted octanol–water partition coefficient (Wildman–Crippen LogP) is 2.10. The van der Waals surface area contributed by atoms with Crippen molar-refractivity contribution in [1.29, 1.82) is 0 Å². The molecule has 2 aromatic rings. The van der Waals surface area contributed by atoms with Crippen molar-refractivity contribution in [3.8, 4) is 5.69 Å². The summed E-state index contributed by atoms with van der Waals surface area (Å²) in [6.45, 7) is 0. The van der Waals surface area contributed by atoms with Crippen LogP contribution in [0.3, 0.4) is 0 Å². The summed E-state index contributed by atoms with van der Waals surface area (Å²) in [6, 6.07) is 3.22. The quantitative estimate of drug-likeness (QED) is 0.484. The highest BCUT2D eigenvalue weighted by Crippen LogP contribution is 2.18. The Kier molecular flexibility index (Phi) is 3.52. The molecule has 1 heterocycles. The first-order chi connectivity index (χ1) is 8.60. The third-order valence-electron chi connectivity index (χ3n) is 2.23. The highest BCUT2D eigenvalue weighted by molar-refractivity contribution is 6.17. The average Bonchev–Trinajstić information content (AvgIpc) is 2.77. The van der Waals surface area contributed by atoms with E-state index < -0.39 is 10.7 Å². The summed E-state index contributed by atoms with van der Waals surface area (Å²) in [6.07, 6.45) is 2.08. The molecule has 6 nitrogen and oxygen atoms in total. The second kappa shape index (κ2) is 5.09. The number of hydrogen-bond donors (Lipinski definition) is 0. The first kappa shape index (κ1) is 12.4. The standard InChI is InChI=1S/C10H8ClFN4O2/c11-2-1-8-6-15(14-13-8)9-3-7(12)4-10(5-9)16(17)18/h3-6H,1-2H2. The molecule has 0 amide bonds. The van der Waals surface area contributed by atoms with Crippen molar-refractivity contribution in [3.63, 3.8) is 0 Å². The number of rotatable bonds is 4. The van der Waals surface area contributed by atoms with E-state index in [1.54, 1.807) is 6.20 Å². The third-order valence-corrected chi connectivity index (χ3v) is 2.42. The fourth-order valence-corrected chi connectivity index (χ4v) is 1.63. The summed E-state index contributed by atoms with van der Waals surface area (Å²) < 4.78 is 14.5. The largest absolute Gasteiger partial charge is 0.274 e. The normalized spacial score (nSPS) is 10.6. The molecule has 0 atom stereocenters. The maximum atomic E-state index is 13.2. The third kappa shape index (κ3) is 2.62. The van der Waals surface area contributed by atoms with Gasteiger partial charge < -0.3 is 0 Å². The molecule has 0 saturated carbocycles. The van der Waals surface area contributed by atoms with Gasteiger partial charge in [-0.05, 0) is 0 Å². The number of non-ortho nitro benzene ring substituents is 1. The molecule has 0 bridgehead atoms. The number of halogens is 2. The van der Waals surface area contributed by atoms with Crippen LogP contribution in [0.25, 0.3) is 5.69 Å². The van der Waals surface area contributed by atoms with E-state index >= 15 is 0 Å². The second-order valence-electron chi connectivity index (χ2n) is 3.52. The minimum Gasteiger partial charge on any atom is -0.258 e. The van der Waals surface area contributed by atoms with Gasteiger partial charge in [-0.3, -0.25) is 10.1 Å². The fraction of sp³-hybridized carbons (Fsp3) is 0.200. The molecule has 0 aliphatic carbocycles. The number of nitro groups is 1. The number of alkyl halides is 1. The van der Waals surface area contributed by atoms with E-state index in [-0.39, 0.29) is 11.4 Å². The van der Waals surface area contributed by atoms with E-state index in [1.807, 2.05) is 0 Å². The fourth-order valence-electron chi connectivity index (χ4n) is 1.43. The number of aromatic nitrogens is 3. The Balaban J connectivity index is 2.39. The topological polar surface area (TPSA) is 73.8 Å². The van der Waals surface area contributed by atoms with Crippen molar-refractivity contribution in [3.05, 3.63) is 46.0 Å². The zero-order valence-electron chi connectivity index (χ0n) is 9.08. The lowest BCUT2D eigenvalue weighted by Gasteiger charge is -2.00. The Bertz CT molecular complexity index is 587. The van der Waals surface area contributed by atoms with Crippen LogP contribution < -0.4 is 0 Å². The monoisotopic (exact) mass is 270 g/mol. The highest BCUT2D eigenvalue weighted by atomic mass is 35.5. The predicted molar refractivity (Wildman–Crippen MR) is 62.4 cm³/mol. The number of nitro benzene ring substituents is 1. The van der Waals surface area contributed by atoms with Crippen LogP contribution in [0.5, 0.6) is 0 Å². The lowest BCUT2D eigenvalue weighted by atomic mass is 10.2. The molecule has 8 heteroatoms. The summed E-state index contributed by atoms with van der Waals surface area (Å²) in [4.78, 5) is 9.96. The summed E-state index contributed by atoms with van der Waals surface area (Å²) in [5.41, 5.74) is 0.548. The minimum absolute atomic E-state index is 0.245.